The Morgan fingerprint density at radius 1 is 1.33 bits per heavy atom. The lowest BCUT2D eigenvalue weighted by molar-refractivity contribution is -0.120. The van der Waals surface area contributed by atoms with Crippen LogP contribution in [0.3, 0.4) is 0 Å². The quantitative estimate of drug-likeness (QED) is 0.856. The van der Waals surface area contributed by atoms with E-state index in [0.717, 1.165) is 24.2 Å². The number of sulfone groups is 1. The molecule has 1 aromatic carbocycles. The molecule has 0 saturated carbocycles. The normalized spacial score (nSPS) is 20.1. The fourth-order valence-corrected chi connectivity index (χ4v) is 4.42. The summed E-state index contributed by atoms with van der Waals surface area (Å²) in [6.07, 6.45) is 1.78. The number of carbonyl (C=O) groups excluding carboxylic acids is 1. The lowest BCUT2D eigenvalue weighted by Gasteiger charge is -2.09. The third kappa shape index (κ3) is 5.04. The van der Waals surface area contributed by atoms with E-state index in [1.807, 2.05) is 24.3 Å². The van der Waals surface area contributed by atoms with Gasteiger partial charge in [0.2, 0.25) is 5.91 Å². The Labute approximate surface area is 125 Å². The van der Waals surface area contributed by atoms with Gasteiger partial charge in [0.05, 0.1) is 25.0 Å². The molecule has 1 fully saturated rings. The molecule has 1 amide bonds. The van der Waals surface area contributed by atoms with Gasteiger partial charge in [-0.25, -0.2) is 8.42 Å². The van der Waals surface area contributed by atoms with Crippen LogP contribution in [0.15, 0.2) is 24.3 Å². The second-order valence-electron chi connectivity index (χ2n) is 5.43. The molecular formula is C15H21NO4S. The van der Waals surface area contributed by atoms with Crippen LogP contribution in [0.25, 0.3) is 0 Å². The second kappa shape index (κ2) is 6.93. The van der Waals surface area contributed by atoms with Gasteiger partial charge in [-0.2, -0.15) is 0 Å². The Kier molecular flexibility index (Phi) is 5.22. The molecule has 0 bridgehead atoms. The summed E-state index contributed by atoms with van der Waals surface area (Å²) >= 11 is 0. The van der Waals surface area contributed by atoms with Gasteiger partial charge in [-0.1, -0.05) is 12.1 Å². The van der Waals surface area contributed by atoms with Gasteiger partial charge in [0, 0.05) is 6.54 Å². The summed E-state index contributed by atoms with van der Waals surface area (Å²) < 4.78 is 27.7. The lowest BCUT2D eigenvalue weighted by Crippen LogP contribution is -2.27. The van der Waals surface area contributed by atoms with Crippen LogP contribution in [0.4, 0.5) is 0 Å². The Bertz CT molecular complexity index is 580. The third-order valence-corrected chi connectivity index (χ3v) is 5.56. The van der Waals surface area contributed by atoms with Crippen molar-refractivity contribution in [2.75, 3.05) is 25.2 Å². The van der Waals surface area contributed by atoms with Crippen molar-refractivity contribution in [3.63, 3.8) is 0 Å². The molecule has 0 aliphatic carbocycles. The van der Waals surface area contributed by atoms with Crippen molar-refractivity contribution in [3.8, 4) is 5.75 Å². The summed E-state index contributed by atoms with van der Waals surface area (Å²) in [7, 11) is -1.22. The Morgan fingerprint density at radius 2 is 2.05 bits per heavy atom. The predicted octanol–water partition coefficient (Wildman–Crippen LogP) is 1.18. The van der Waals surface area contributed by atoms with E-state index in [2.05, 4.69) is 5.32 Å². The van der Waals surface area contributed by atoms with E-state index in [1.54, 1.807) is 7.11 Å². The molecule has 1 aromatic rings. The van der Waals surface area contributed by atoms with Crippen LogP contribution in [0.2, 0.25) is 0 Å². The molecule has 1 heterocycles. The smallest absolute Gasteiger partial charge is 0.224 e. The number of amides is 1. The van der Waals surface area contributed by atoms with Gasteiger partial charge in [-0.15, -0.1) is 0 Å². The Balaban J connectivity index is 1.70. The number of benzene rings is 1. The monoisotopic (exact) mass is 311 g/mol. The van der Waals surface area contributed by atoms with Crippen molar-refractivity contribution < 1.29 is 17.9 Å². The molecule has 5 nitrogen and oxygen atoms in total. The number of ether oxygens (including phenoxy) is 1. The van der Waals surface area contributed by atoms with E-state index in [4.69, 9.17) is 4.74 Å². The molecule has 1 aliphatic heterocycles. The van der Waals surface area contributed by atoms with Gasteiger partial charge < -0.3 is 10.1 Å². The van der Waals surface area contributed by atoms with E-state index in [-0.39, 0.29) is 23.3 Å². The molecule has 0 aromatic heterocycles. The number of rotatable bonds is 6. The molecule has 6 heteroatoms. The highest BCUT2D eigenvalue weighted by Crippen LogP contribution is 2.20. The zero-order valence-corrected chi connectivity index (χ0v) is 13.0. The number of hydrogen-bond donors (Lipinski definition) is 1. The fourth-order valence-electron chi connectivity index (χ4n) is 2.51. The molecular weight excluding hydrogens is 290 g/mol. The highest BCUT2D eigenvalue weighted by Gasteiger charge is 2.27. The second-order valence-corrected chi connectivity index (χ2v) is 7.66. The minimum absolute atomic E-state index is 0.0407. The lowest BCUT2D eigenvalue weighted by atomic mass is 10.1. The van der Waals surface area contributed by atoms with Crippen LogP contribution in [-0.4, -0.2) is 39.5 Å². The highest BCUT2D eigenvalue weighted by atomic mass is 32.2. The summed E-state index contributed by atoms with van der Waals surface area (Å²) in [4.78, 5) is 11.8. The first-order valence-electron chi connectivity index (χ1n) is 7.08. The molecule has 2 rings (SSSR count). The number of nitrogens with one attached hydrogen (secondary N) is 1. The van der Waals surface area contributed by atoms with E-state index < -0.39 is 9.84 Å². The average molecular weight is 311 g/mol. The predicted molar refractivity (Wildman–Crippen MR) is 81.1 cm³/mol. The van der Waals surface area contributed by atoms with Crippen LogP contribution in [0, 0.1) is 5.92 Å². The van der Waals surface area contributed by atoms with Crippen molar-refractivity contribution in [3.05, 3.63) is 29.8 Å². The first kappa shape index (κ1) is 15.8. The van der Waals surface area contributed by atoms with Crippen LogP contribution >= 0.6 is 0 Å². The van der Waals surface area contributed by atoms with Gasteiger partial charge in [0.25, 0.3) is 0 Å². The van der Waals surface area contributed by atoms with Gasteiger partial charge in [-0.3, -0.25) is 4.79 Å². The standard InChI is InChI=1S/C15H21NO4S/c1-20-14-4-2-12(3-5-14)10-15(17)16-8-6-13-7-9-21(18,19)11-13/h2-5,13H,6-11H2,1H3,(H,16,17). The maximum Gasteiger partial charge on any atom is 0.224 e. The average Bonchev–Trinajstić information content (AvgIpc) is 2.79. The number of carbonyl (C=O) groups is 1. The molecule has 1 N–H and O–H groups in total. The van der Waals surface area contributed by atoms with Crippen molar-refractivity contribution >= 4 is 15.7 Å². The van der Waals surface area contributed by atoms with Crippen LogP contribution in [0.5, 0.6) is 5.75 Å². The molecule has 116 valence electrons. The minimum atomic E-state index is -2.83. The molecule has 0 radical (unpaired) electrons. The SMILES string of the molecule is COc1ccc(CC(=O)NCCC2CCS(=O)(=O)C2)cc1. The van der Waals surface area contributed by atoms with Gasteiger partial charge in [0.15, 0.2) is 9.84 Å². The van der Waals surface area contributed by atoms with Crippen molar-refractivity contribution in [1.29, 1.82) is 0 Å². The Hall–Kier alpha value is -1.56. The molecule has 21 heavy (non-hydrogen) atoms. The van der Waals surface area contributed by atoms with E-state index >= 15 is 0 Å². The number of methoxy groups -OCH3 is 1. The third-order valence-electron chi connectivity index (χ3n) is 3.73. The summed E-state index contributed by atoms with van der Waals surface area (Å²) in [5.41, 5.74) is 0.928. The van der Waals surface area contributed by atoms with E-state index in [9.17, 15) is 13.2 Å². The molecule has 1 unspecified atom stereocenters. The summed E-state index contributed by atoms with van der Waals surface area (Å²) in [6, 6.07) is 7.38. The molecule has 1 saturated heterocycles. The first-order chi connectivity index (χ1) is 9.98. The van der Waals surface area contributed by atoms with E-state index in [1.165, 1.54) is 0 Å². The maximum atomic E-state index is 11.8. The summed E-state index contributed by atoms with van der Waals surface area (Å²) in [5, 5.41) is 2.85. The fraction of sp³-hybridized carbons (Fsp3) is 0.533. The minimum Gasteiger partial charge on any atom is -0.497 e. The highest BCUT2D eigenvalue weighted by molar-refractivity contribution is 7.91. The number of hydrogen-bond acceptors (Lipinski definition) is 4. The first-order valence-corrected chi connectivity index (χ1v) is 8.91. The van der Waals surface area contributed by atoms with Gasteiger partial charge in [0.1, 0.15) is 5.75 Å². The Morgan fingerprint density at radius 3 is 2.62 bits per heavy atom. The van der Waals surface area contributed by atoms with Gasteiger partial charge in [-0.05, 0) is 36.5 Å². The van der Waals surface area contributed by atoms with Gasteiger partial charge >= 0.3 is 0 Å². The largest absolute Gasteiger partial charge is 0.497 e. The zero-order chi connectivity index (χ0) is 15.3. The summed E-state index contributed by atoms with van der Waals surface area (Å²) in [5.74, 6) is 1.47. The van der Waals surface area contributed by atoms with Crippen molar-refractivity contribution in [2.45, 2.75) is 19.3 Å². The van der Waals surface area contributed by atoms with Crippen molar-refractivity contribution in [1.82, 2.24) is 5.32 Å². The molecule has 1 atom stereocenters. The van der Waals surface area contributed by atoms with Crippen LogP contribution < -0.4 is 10.1 Å². The molecule has 0 spiro atoms. The van der Waals surface area contributed by atoms with Crippen LogP contribution in [0.1, 0.15) is 18.4 Å². The topological polar surface area (TPSA) is 72.5 Å². The van der Waals surface area contributed by atoms with Crippen molar-refractivity contribution in [2.24, 2.45) is 5.92 Å². The summed E-state index contributed by atoms with van der Waals surface area (Å²) in [6.45, 7) is 0.537. The zero-order valence-electron chi connectivity index (χ0n) is 12.2. The molecule has 1 aliphatic rings. The van der Waals surface area contributed by atoms with E-state index in [0.29, 0.717) is 13.0 Å². The maximum absolute atomic E-state index is 11.8. The van der Waals surface area contributed by atoms with Crippen LogP contribution in [-0.2, 0) is 21.1 Å².